The molecule has 0 aromatic heterocycles. The Kier molecular flexibility index (Phi) is 5.54. The van der Waals surface area contributed by atoms with Crippen molar-refractivity contribution in [3.05, 3.63) is 35.4 Å². The zero-order valence-electron chi connectivity index (χ0n) is 14.7. The summed E-state index contributed by atoms with van der Waals surface area (Å²) in [5.41, 5.74) is 2.28. The molecule has 1 aromatic carbocycles. The maximum absolute atomic E-state index is 12.6. The first-order valence-corrected chi connectivity index (χ1v) is 9.25. The third-order valence-electron chi connectivity index (χ3n) is 5.34. The van der Waals surface area contributed by atoms with Gasteiger partial charge >= 0.3 is 0 Å². The lowest BCUT2D eigenvalue weighted by Gasteiger charge is -2.35. The number of amides is 2. The van der Waals surface area contributed by atoms with E-state index in [1.54, 1.807) is 0 Å². The van der Waals surface area contributed by atoms with E-state index >= 15 is 0 Å². The van der Waals surface area contributed by atoms with E-state index in [-0.39, 0.29) is 11.8 Å². The van der Waals surface area contributed by atoms with Gasteiger partial charge in [-0.3, -0.25) is 9.59 Å². The van der Waals surface area contributed by atoms with Crippen LogP contribution in [-0.4, -0.2) is 47.8 Å². The lowest BCUT2D eigenvalue weighted by molar-refractivity contribution is -0.141. The summed E-state index contributed by atoms with van der Waals surface area (Å²) in [5, 5.41) is 0. The van der Waals surface area contributed by atoms with Crippen LogP contribution in [0.5, 0.6) is 0 Å². The molecule has 2 aliphatic rings. The second-order valence-electron chi connectivity index (χ2n) is 7.20. The number of benzene rings is 1. The van der Waals surface area contributed by atoms with Gasteiger partial charge in [-0.15, -0.1) is 0 Å². The van der Waals surface area contributed by atoms with Crippen LogP contribution in [0.3, 0.4) is 0 Å². The summed E-state index contributed by atoms with van der Waals surface area (Å²) >= 11 is 0. The average Bonchev–Trinajstić information content (AvgIpc) is 2.64. The summed E-state index contributed by atoms with van der Waals surface area (Å²) in [6.45, 7) is 5.33. The first-order valence-electron chi connectivity index (χ1n) is 9.25. The SMILES string of the molecule is Cc1ccc(CC(=O)N2CCC(C(=O)N3CCCCC3)CC2)cc1. The van der Waals surface area contributed by atoms with Crippen molar-refractivity contribution in [3.8, 4) is 0 Å². The molecule has 130 valence electrons. The van der Waals surface area contributed by atoms with E-state index in [1.807, 2.05) is 34.1 Å². The second-order valence-corrected chi connectivity index (χ2v) is 7.20. The molecule has 0 spiro atoms. The van der Waals surface area contributed by atoms with Crippen LogP contribution >= 0.6 is 0 Å². The number of carbonyl (C=O) groups is 2. The van der Waals surface area contributed by atoms with E-state index in [0.717, 1.165) is 57.4 Å². The van der Waals surface area contributed by atoms with Crippen LogP contribution in [0, 0.1) is 12.8 Å². The van der Waals surface area contributed by atoms with E-state index in [4.69, 9.17) is 0 Å². The van der Waals surface area contributed by atoms with Crippen LogP contribution in [0.4, 0.5) is 0 Å². The van der Waals surface area contributed by atoms with E-state index in [9.17, 15) is 9.59 Å². The Hall–Kier alpha value is -1.84. The highest BCUT2D eigenvalue weighted by atomic mass is 16.2. The van der Waals surface area contributed by atoms with Gasteiger partial charge in [-0.2, -0.15) is 0 Å². The Morgan fingerprint density at radius 1 is 0.917 bits per heavy atom. The largest absolute Gasteiger partial charge is 0.342 e. The Morgan fingerprint density at radius 2 is 1.54 bits per heavy atom. The smallest absolute Gasteiger partial charge is 0.226 e. The summed E-state index contributed by atoms with van der Waals surface area (Å²) in [7, 11) is 0. The molecular formula is C20H28N2O2. The molecule has 2 saturated heterocycles. The molecule has 0 aliphatic carbocycles. The lowest BCUT2D eigenvalue weighted by Crippen LogP contribution is -2.46. The molecule has 0 unspecified atom stereocenters. The van der Waals surface area contributed by atoms with Crippen molar-refractivity contribution < 1.29 is 9.59 Å². The van der Waals surface area contributed by atoms with Crippen molar-refractivity contribution in [1.29, 1.82) is 0 Å². The zero-order valence-corrected chi connectivity index (χ0v) is 14.7. The quantitative estimate of drug-likeness (QED) is 0.856. The Balaban J connectivity index is 1.48. The fourth-order valence-electron chi connectivity index (χ4n) is 3.74. The van der Waals surface area contributed by atoms with Gasteiger partial charge in [-0.25, -0.2) is 0 Å². The minimum Gasteiger partial charge on any atom is -0.342 e. The van der Waals surface area contributed by atoms with Crippen LogP contribution < -0.4 is 0 Å². The van der Waals surface area contributed by atoms with E-state index in [2.05, 4.69) is 6.92 Å². The summed E-state index contributed by atoms with van der Waals surface area (Å²) in [5.74, 6) is 0.620. The average molecular weight is 328 g/mol. The molecule has 4 nitrogen and oxygen atoms in total. The van der Waals surface area contributed by atoms with Gasteiger partial charge in [-0.05, 0) is 44.6 Å². The van der Waals surface area contributed by atoms with Gasteiger partial charge in [0.1, 0.15) is 0 Å². The molecule has 0 bridgehead atoms. The van der Waals surface area contributed by atoms with Crippen molar-refractivity contribution in [1.82, 2.24) is 9.80 Å². The van der Waals surface area contributed by atoms with Crippen LogP contribution in [0.25, 0.3) is 0 Å². The lowest BCUT2D eigenvalue weighted by atomic mass is 9.94. The minimum absolute atomic E-state index is 0.117. The highest BCUT2D eigenvalue weighted by molar-refractivity contribution is 5.81. The van der Waals surface area contributed by atoms with Gasteiger partial charge in [0, 0.05) is 32.1 Å². The van der Waals surface area contributed by atoms with Crippen LogP contribution in [0.15, 0.2) is 24.3 Å². The highest BCUT2D eigenvalue weighted by Gasteiger charge is 2.30. The highest BCUT2D eigenvalue weighted by Crippen LogP contribution is 2.22. The fourth-order valence-corrected chi connectivity index (χ4v) is 3.74. The summed E-state index contributed by atoms with van der Waals surface area (Å²) in [6, 6.07) is 8.15. The fraction of sp³-hybridized carbons (Fsp3) is 0.600. The maximum atomic E-state index is 12.6. The molecule has 1 aromatic rings. The van der Waals surface area contributed by atoms with Crippen molar-refractivity contribution in [2.24, 2.45) is 5.92 Å². The van der Waals surface area contributed by atoms with Gasteiger partial charge in [0.15, 0.2) is 0 Å². The van der Waals surface area contributed by atoms with Crippen molar-refractivity contribution in [3.63, 3.8) is 0 Å². The first kappa shape index (κ1) is 17.0. The Bertz CT molecular complexity index is 568. The molecule has 0 saturated carbocycles. The van der Waals surface area contributed by atoms with Gasteiger partial charge < -0.3 is 9.80 Å². The van der Waals surface area contributed by atoms with E-state index in [0.29, 0.717) is 12.3 Å². The third-order valence-corrected chi connectivity index (χ3v) is 5.34. The number of nitrogens with zero attached hydrogens (tertiary/aromatic N) is 2. The molecule has 0 atom stereocenters. The number of piperidine rings is 2. The molecule has 2 fully saturated rings. The number of hydrogen-bond donors (Lipinski definition) is 0. The summed E-state index contributed by atoms with van der Waals surface area (Å²) < 4.78 is 0. The van der Waals surface area contributed by atoms with Crippen LogP contribution in [-0.2, 0) is 16.0 Å². The summed E-state index contributed by atoms with van der Waals surface area (Å²) in [4.78, 5) is 29.0. The maximum Gasteiger partial charge on any atom is 0.226 e. The molecule has 24 heavy (non-hydrogen) atoms. The number of aryl methyl sites for hydroxylation is 1. The van der Waals surface area contributed by atoms with Gasteiger partial charge in [-0.1, -0.05) is 29.8 Å². The van der Waals surface area contributed by atoms with Crippen LogP contribution in [0.2, 0.25) is 0 Å². The summed E-state index contributed by atoms with van der Waals surface area (Å²) in [6.07, 6.45) is 5.62. The minimum atomic E-state index is 0.117. The molecule has 3 rings (SSSR count). The standard InChI is InChI=1S/C20H28N2O2/c1-16-5-7-17(8-6-16)15-19(23)21-13-9-18(10-14-21)20(24)22-11-3-2-4-12-22/h5-8,18H,2-4,9-15H2,1H3. The monoisotopic (exact) mass is 328 g/mol. The van der Waals surface area contributed by atoms with Gasteiger partial charge in [0.2, 0.25) is 11.8 Å². The molecule has 4 heteroatoms. The first-order chi connectivity index (χ1) is 11.6. The molecule has 2 aliphatic heterocycles. The number of likely N-dealkylation sites (tertiary alicyclic amines) is 2. The van der Waals surface area contributed by atoms with Crippen molar-refractivity contribution in [2.75, 3.05) is 26.2 Å². The number of hydrogen-bond acceptors (Lipinski definition) is 2. The Morgan fingerprint density at radius 3 is 2.17 bits per heavy atom. The van der Waals surface area contributed by atoms with Crippen molar-refractivity contribution in [2.45, 2.75) is 45.4 Å². The van der Waals surface area contributed by atoms with E-state index < -0.39 is 0 Å². The normalized spacial score (nSPS) is 19.4. The van der Waals surface area contributed by atoms with Crippen LogP contribution in [0.1, 0.15) is 43.2 Å². The second kappa shape index (κ2) is 7.82. The topological polar surface area (TPSA) is 40.6 Å². The molecular weight excluding hydrogens is 300 g/mol. The van der Waals surface area contributed by atoms with Gasteiger partial charge in [0.25, 0.3) is 0 Å². The number of carbonyl (C=O) groups excluding carboxylic acids is 2. The predicted molar refractivity (Wildman–Crippen MR) is 94.6 cm³/mol. The zero-order chi connectivity index (χ0) is 16.9. The molecule has 2 amide bonds. The predicted octanol–water partition coefficient (Wildman–Crippen LogP) is 2.79. The van der Waals surface area contributed by atoms with Crippen molar-refractivity contribution >= 4 is 11.8 Å². The number of rotatable bonds is 3. The molecule has 0 radical (unpaired) electrons. The van der Waals surface area contributed by atoms with Gasteiger partial charge in [0.05, 0.1) is 6.42 Å². The molecule has 0 N–H and O–H groups in total. The Labute approximate surface area is 144 Å². The molecule has 2 heterocycles. The third kappa shape index (κ3) is 4.16. The van der Waals surface area contributed by atoms with E-state index in [1.165, 1.54) is 12.0 Å².